The fraction of sp³-hybridized carbons (Fsp3) is 0.200. The third kappa shape index (κ3) is 3.09. The van der Waals surface area contributed by atoms with Crippen molar-refractivity contribution in [3.05, 3.63) is 60.3 Å². The number of hydrogen-bond acceptors (Lipinski definition) is 2. The zero-order valence-electron chi connectivity index (χ0n) is 10.4. The number of aromatic nitrogens is 1. The molecule has 19 heavy (non-hydrogen) atoms. The summed E-state index contributed by atoms with van der Waals surface area (Å²) in [7, 11) is 0. The number of hydrogen-bond donors (Lipinski definition) is 2. The van der Waals surface area contributed by atoms with Gasteiger partial charge in [0.2, 0.25) is 0 Å². The van der Waals surface area contributed by atoms with Crippen LogP contribution in [0.2, 0.25) is 0 Å². The van der Waals surface area contributed by atoms with Crippen LogP contribution in [0.4, 0.5) is 5.82 Å². The van der Waals surface area contributed by atoms with E-state index in [2.05, 4.69) is 39.9 Å². The van der Waals surface area contributed by atoms with E-state index in [0.717, 1.165) is 12.2 Å². The van der Waals surface area contributed by atoms with Crippen LogP contribution in [0.25, 0.3) is 0 Å². The van der Waals surface area contributed by atoms with Crippen LogP contribution < -0.4 is 10.6 Å². The second kappa shape index (κ2) is 5.36. The summed E-state index contributed by atoms with van der Waals surface area (Å²) in [5, 5.41) is 7.07. The summed E-state index contributed by atoms with van der Waals surface area (Å²) in [6, 6.07) is 16.7. The van der Waals surface area contributed by atoms with Gasteiger partial charge in [-0.2, -0.15) is 0 Å². The van der Waals surface area contributed by atoms with Gasteiger partial charge in [-0.05, 0) is 36.3 Å². The monoisotopic (exact) mass is 269 g/mol. The smallest absolute Gasteiger partial charge is 0.172 e. The van der Waals surface area contributed by atoms with Crippen molar-refractivity contribution >= 4 is 23.1 Å². The molecule has 1 aromatic heterocycles. The van der Waals surface area contributed by atoms with Crippen LogP contribution in [-0.2, 0) is 0 Å². The number of pyridine rings is 1. The number of benzene rings is 1. The SMILES string of the molecule is S=C(Nc1ccccn1)N[C@@H]1C[C@@H]1c1ccccc1. The van der Waals surface area contributed by atoms with Crippen LogP contribution in [0.5, 0.6) is 0 Å². The standard InChI is InChI=1S/C15H15N3S/c19-15(18-14-8-4-5-9-16-14)17-13-10-12(13)11-6-2-1-3-7-11/h1-9,12-13H,10H2,(H2,16,17,18,19)/t12-,13-/m1/s1. The van der Waals surface area contributed by atoms with Crippen molar-refractivity contribution in [1.82, 2.24) is 10.3 Å². The van der Waals surface area contributed by atoms with Crippen molar-refractivity contribution in [2.24, 2.45) is 0 Å². The van der Waals surface area contributed by atoms with E-state index in [1.165, 1.54) is 5.56 Å². The van der Waals surface area contributed by atoms with E-state index in [1.54, 1.807) is 6.20 Å². The summed E-state index contributed by atoms with van der Waals surface area (Å²) in [5.41, 5.74) is 1.38. The Labute approximate surface area is 118 Å². The lowest BCUT2D eigenvalue weighted by molar-refractivity contribution is 0.876. The van der Waals surface area contributed by atoms with Gasteiger partial charge in [-0.25, -0.2) is 4.98 Å². The Balaban J connectivity index is 1.52. The fourth-order valence-electron chi connectivity index (χ4n) is 2.18. The van der Waals surface area contributed by atoms with E-state index in [9.17, 15) is 0 Å². The Morgan fingerprint density at radius 2 is 1.89 bits per heavy atom. The number of rotatable bonds is 3. The molecule has 0 saturated heterocycles. The van der Waals surface area contributed by atoms with Gasteiger partial charge in [-0.3, -0.25) is 0 Å². The lowest BCUT2D eigenvalue weighted by atomic mass is 10.1. The second-order valence-electron chi connectivity index (χ2n) is 4.67. The Bertz CT molecular complexity index is 556. The van der Waals surface area contributed by atoms with E-state index in [-0.39, 0.29) is 0 Å². The van der Waals surface area contributed by atoms with Crippen molar-refractivity contribution in [2.45, 2.75) is 18.4 Å². The Kier molecular flexibility index (Phi) is 3.42. The van der Waals surface area contributed by atoms with Crippen LogP contribution in [0, 0.1) is 0 Å². The molecule has 1 heterocycles. The largest absolute Gasteiger partial charge is 0.359 e. The maximum Gasteiger partial charge on any atom is 0.172 e. The molecular weight excluding hydrogens is 254 g/mol. The molecule has 0 radical (unpaired) electrons. The van der Waals surface area contributed by atoms with Crippen LogP contribution in [0.3, 0.4) is 0 Å². The maximum absolute atomic E-state index is 5.29. The van der Waals surface area contributed by atoms with Gasteiger partial charge in [0.1, 0.15) is 5.82 Å². The summed E-state index contributed by atoms with van der Waals surface area (Å²) in [6.07, 6.45) is 2.88. The molecule has 0 aliphatic heterocycles. The minimum Gasteiger partial charge on any atom is -0.359 e. The minimum absolute atomic E-state index is 0.436. The van der Waals surface area contributed by atoms with Crippen molar-refractivity contribution < 1.29 is 0 Å². The summed E-state index contributed by atoms with van der Waals surface area (Å²) >= 11 is 5.29. The van der Waals surface area contributed by atoms with E-state index in [1.807, 2.05) is 24.3 Å². The molecule has 4 heteroatoms. The molecule has 96 valence electrons. The molecular formula is C15H15N3S. The highest BCUT2D eigenvalue weighted by Gasteiger charge is 2.38. The molecule has 0 amide bonds. The van der Waals surface area contributed by atoms with Crippen LogP contribution >= 0.6 is 12.2 Å². The molecule has 2 N–H and O–H groups in total. The third-order valence-corrected chi connectivity index (χ3v) is 3.46. The van der Waals surface area contributed by atoms with Gasteiger partial charge in [-0.15, -0.1) is 0 Å². The summed E-state index contributed by atoms with van der Waals surface area (Å²) in [5.74, 6) is 1.35. The fourth-order valence-corrected chi connectivity index (χ4v) is 2.44. The quantitative estimate of drug-likeness (QED) is 0.840. The number of thiocarbonyl (C=S) groups is 1. The van der Waals surface area contributed by atoms with Gasteiger partial charge in [0.25, 0.3) is 0 Å². The molecule has 1 aliphatic carbocycles. The average molecular weight is 269 g/mol. The molecule has 0 bridgehead atoms. The first-order valence-electron chi connectivity index (χ1n) is 6.36. The maximum atomic E-state index is 5.29. The number of anilines is 1. The van der Waals surface area contributed by atoms with Crippen molar-refractivity contribution in [3.8, 4) is 0 Å². The molecule has 0 spiro atoms. The van der Waals surface area contributed by atoms with Crippen molar-refractivity contribution in [2.75, 3.05) is 5.32 Å². The van der Waals surface area contributed by atoms with Crippen LogP contribution in [0.15, 0.2) is 54.7 Å². The Morgan fingerprint density at radius 1 is 1.11 bits per heavy atom. The summed E-state index contributed by atoms with van der Waals surface area (Å²) in [4.78, 5) is 4.18. The summed E-state index contributed by atoms with van der Waals surface area (Å²) < 4.78 is 0. The van der Waals surface area contributed by atoms with E-state index >= 15 is 0 Å². The first-order chi connectivity index (χ1) is 9.33. The highest BCUT2D eigenvalue weighted by atomic mass is 32.1. The lowest BCUT2D eigenvalue weighted by Crippen LogP contribution is -2.31. The van der Waals surface area contributed by atoms with Crippen LogP contribution in [0.1, 0.15) is 17.9 Å². The Hall–Kier alpha value is -1.94. The predicted molar refractivity (Wildman–Crippen MR) is 81.2 cm³/mol. The molecule has 1 saturated carbocycles. The van der Waals surface area contributed by atoms with E-state index in [0.29, 0.717) is 17.1 Å². The molecule has 2 atom stereocenters. The molecule has 3 nitrogen and oxygen atoms in total. The van der Waals surface area contributed by atoms with E-state index < -0.39 is 0 Å². The third-order valence-electron chi connectivity index (χ3n) is 3.24. The van der Waals surface area contributed by atoms with Gasteiger partial charge in [-0.1, -0.05) is 36.4 Å². The number of nitrogens with one attached hydrogen (secondary N) is 2. The second-order valence-corrected chi connectivity index (χ2v) is 5.08. The highest BCUT2D eigenvalue weighted by Crippen LogP contribution is 2.40. The first-order valence-corrected chi connectivity index (χ1v) is 6.77. The normalized spacial score (nSPS) is 20.6. The molecule has 1 fully saturated rings. The first kappa shape index (κ1) is 12.1. The molecule has 3 rings (SSSR count). The number of nitrogens with zero attached hydrogens (tertiary/aromatic N) is 1. The topological polar surface area (TPSA) is 37.0 Å². The summed E-state index contributed by atoms with van der Waals surface area (Å²) in [6.45, 7) is 0. The molecule has 2 aromatic rings. The van der Waals surface area contributed by atoms with Crippen molar-refractivity contribution in [1.29, 1.82) is 0 Å². The highest BCUT2D eigenvalue weighted by molar-refractivity contribution is 7.80. The predicted octanol–water partition coefficient (Wildman–Crippen LogP) is 2.92. The Morgan fingerprint density at radius 3 is 2.63 bits per heavy atom. The van der Waals surface area contributed by atoms with Gasteiger partial charge in [0.05, 0.1) is 0 Å². The van der Waals surface area contributed by atoms with E-state index in [4.69, 9.17) is 12.2 Å². The van der Waals surface area contributed by atoms with Gasteiger partial charge >= 0.3 is 0 Å². The molecule has 1 aromatic carbocycles. The van der Waals surface area contributed by atoms with Gasteiger partial charge in [0, 0.05) is 18.2 Å². The van der Waals surface area contributed by atoms with Crippen molar-refractivity contribution in [3.63, 3.8) is 0 Å². The lowest BCUT2D eigenvalue weighted by Gasteiger charge is -2.09. The van der Waals surface area contributed by atoms with Gasteiger partial charge in [0.15, 0.2) is 5.11 Å². The minimum atomic E-state index is 0.436. The average Bonchev–Trinajstić information content (AvgIpc) is 3.20. The van der Waals surface area contributed by atoms with Crippen LogP contribution in [-0.4, -0.2) is 16.1 Å². The zero-order chi connectivity index (χ0) is 13.1. The zero-order valence-corrected chi connectivity index (χ0v) is 11.2. The van der Waals surface area contributed by atoms with Gasteiger partial charge < -0.3 is 10.6 Å². The molecule has 0 unspecified atom stereocenters. The molecule has 1 aliphatic rings.